The number of pyridine rings is 1. The molecule has 1 N–H and O–H groups in total. The van der Waals surface area contributed by atoms with Crippen LogP contribution in [0.4, 0.5) is 5.82 Å². The highest BCUT2D eigenvalue weighted by atomic mass is 32.1. The zero-order valence-electron chi connectivity index (χ0n) is 14.3. The summed E-state index contributed by atoms with van der Waals surface area (Å²) in [6, 6.07) is 12.9. The highest BCUT2D eigenvalue weighted by molar-refractivity contribution is 7.11. The van der Waals surface area contributed by atoms with Crippen molar-refractivity contribution in [1.29, 1.82) is 0 Å². The number of fused-ring (bicyclic) bond motifs is 1. The fourth-order valence-corrected chi connectivity index (χ4v) is 4.06. The molecule has 1 amide bonds. The number of amides is 1. The molecule has 0 saturated carbocycles. The van der Waals surface area contributed by atoms with Crippen molar-refractivity contribution in [2.75, 3.05) is 0 Å². The third kappa shape index (κ3) is 2.66. The Balaban J connectivity index is 1.98. The third-order valence-corrected chi connectivity index (χ3v) is 5.20. The quantitative estimate of drug-likeness (QED) is 0.766. The van der Waals surface area contributed by atoms with E-state index in [4.69, 9.17) is 0 Å². The van der Waals surface area contributed by atoms with Gasteiger partial charge in [-0.15, -0.1) is 0 Å². The Bertz CT molecular complexity index is 1220. The molecule has 2 aromatic heterocycles. The molecule has 0 radical (unpaired) electrons. The van der Waals surface area contributed by atoms with E-state index in [0.717, 1.165) is 10.9 Å². The molecule has 0 fully saturated rings. The number of carbonyl (C=O) groups is 1. The number of hydrogen-bond acceptors (Lipinski definition) is 5. The SMILES string of the molecule is CCn1c(O)c(C2=c3ccccc3=NC2=O)s/c1=N/c1cccc(C)n1. The zero-order valence-corrected chi connectivity index (χ0v) is 15.1. The average molecular weight is 364 g/mol. The van der Waals surface area contributed by atoms with E-state index in [1.165, 1.54) is 11.3 Å². The van der Waals surface area contributed by atoms with Crippen molar-refractivity contribution in [2.45, 2.75) is 20.4 Å². The maximum absolute atomic E-state index is 12.4. The van der Waals surface area contributed by atoms with Crippen LogP contribution in [-0.4, -0.2) is 20.6 Å². The van der Waals surface area contributed by atoms with E-state index in [0.29, 0.717) is 33.0 Å². The largest absolute Gasteiger partial charge is 0.493 e. The molecular formula is C19H16N4O2S. The zero-order chi connectivity index (χ0) is 18.3. The molecule has 0 saturated heterocycles. The predicted octanol–water partition coefficient (Wildman–Crippen LogP) is 1.57. The van der Waals surface area contributed by atoms with Crippen LogP contribution in [-0.2, 0) is 11.3 Å². The summed E-state index contributed by atoms with van der Waals surface area (Å²) in [5.41, 5.74) is 1.28. The number of rotatable bonds is 3. The van der Waals surface area contributed by atoms with Crippen LogP contribution in [0.25, 0.3) is 5.57 Å². The fraction of sp³-hybridized carbons (Fsp3) is 0.158. The van der Waals surface area contributed by atoms with Crippen molar-refractivity contribution in [2.24, 2.45) is 9.98 Å². The van der Waals surface area contributed by atoms with Gasteiger partial charge in [0, 0.05) is 17.5 Å². The number of aromatic nitrogens is 2. The molecule has 4 rings (SSSR count). The first-order valence-electron chi connectivity index (χ1n) is 8.22. The Morgan fingerprint density at radius 1 is 1.19 bits per heavy atom. The van der Waals surface area contributed by atoms with Crippen LogP contribution in [0.15, 0.2) is 52.4 Å². The predicted molar refractivity (Wildman–Crippen MR) is 98.6 cm³/mol. The normalized spacial score (nSPS) is 13.8. The van der Waals surface area contributed by atoms with Crippen LogP contribution in [0.5, 0.6) is 5.88 Å². The van der Waals surface area contributed by atoms with Crippen LogP contribution >= 0.6 is 11.3 Å². The van der Waals surface area contributed by atoms with Gasteiger partial charge in [-0.3, -0.25) is 9.36 Å². The number of para-hydroxylation sites is 1. The minimum Gasteiger partial charge on any atom is -0.493 e. The molecule has 3 aromatic rings. The summed E-state index contributed by atoms with van der Waals surface area (Å²) in [5, 5.41) is 12.1. The van der Waals surface area contributed by atoms with Crippen LogP contribution in [0.1, 0.15) is 17.5 Å². The van der Waals surface area contributed by atoms with Crippen molar-refractivity contribution in [3.63, 3.8) is 0 Å². The van der Waals surface area contributed by atoms with E-state index in [-0.39, 0.29) is 11.8 Å². The van der Waals surface area contributed by atoms with Gasteiger partial charge in [0.15, 0.2) is 10.6 Å². The first-order valence-corrected chi connectivity index (χ1v) is 9.04. The molecule has 0 atom stereocenters. The van der Waals surface area contributed by atoms with Gasteiger partial charge in [0.2, 0.25) is 5.88 Å². The molecule has 130 valence electrons. The minimum atomic E-state index is -0.341. The summed E-state index contributed by atoms with van der Waals surface area (Å²) >= 11 is 1.26. The number of nitrogens with zero attached hydrogens (tertiary/aromatic N) is 4. The Labute approximate surface area is 153 Å². The standard InChI is InChI=1S/C19H16N4O2S/c1-3-23-18(25)16(15-12-8-4-5-9-13(12)21-17(15)24)26-19(23)22-14-10-6-7-11(2)20-14/h4-10,25H,3H2,1-2H3/b22-19+. The molecule has 3 heterocycles. The van der Waals surface area contributed by atoms with Gasteiger partial charge in [-0.25, -0.2) is 15.0 Å². The Morgan fingerprint density at radius 3 is 2.77 bits per heavy atom. The topological polar surface area (TPSA) is 79.8 Å². The monoisotopic (exact) mass is 364 g/mol. The van der Waals surface area contributed by atoms with Crippen LogP contribution in [0, 0.1) is 6.92 Å². The van der Waals surface area contributed by atoms with Gasteiger partial charge in [0.05, 0.1) is 10.9 Å². The maximum Gasteiger partial charge on any atom is 0.279 e. The lowest BCUT2D eigenvalue weighted by Gasteiger charge is -2.01. The molecule has 0 aliphatic carbocycles. The first-order chi connectivity index (χ1) is 12.6. The Hall–Kier alpha value is -3.06. The third-order valence-electron chi connectivity index (χ3n) is 4.12. The van der Waals surface area contributed by atoms with Gasteiger partial charge < -0.3 is 5.11 Å². The number of benzene rings is 1. The van der Waals surface area contributed by atoms with Crippen molar-refractivity contribution < 1.29 is 9.90 Å². The molecule has 0 unspecified atom stereocenters. The summed E-state index contributed by atoms with van der Waals surface area (Å²) in [6.07, 6.45) is 0. The molecular weight excluding hydrogens is 348 g/mol. The minimum absolute atomic E-state index is 0.0270. The smallest absolute Gasteiger partial charge is 0.279 e. The maximum atomic E-state index is 12.4. The lowest BCUT2D eigenvalue weighted by molar-refractivity contribution is -0.112. The van der Waals surface area contributed by atoms with E-state index in [1.807, 2.05) is 50.2 Å². The van der Waals surface area contributed by atoms with Crippen LogP contribution in [0.3, 0.4) is 0 Å². The highest BCUT2D eigenvalue weighted by Crippen LogP contribution is 2.28. The molecule has 1 aliphatic heterocycles. The van der Waals surface area contributed by atoms with Crippen LogP contribution < -0.4 is 15.4 Å². The lowest BCUT2D eigenvalue weighted by atomic mass is 10.1. The van der Waals surface area contributed by atoms with Crippen molar-refractivity contribution in [3.05, 3.63) is 68.4 Å². The second-order valence-corrected chi connectivity index (χ2v) is 6.82. The first kappa shape index (κ1) is 16.4. The van der Waals surface area contributed by atoms with Gasteiger partial charge >= 0.3 is 0 Å². The van der Waals surface area contributed by atoms with Gasteiger partial charge in [-0.2, -0.15) is 0 Å². The van der Waals surface area contributed by atoms with Crippen molar-refractivity contribution >= 4 is 28.6 Å². The molecule has 7 heteroatoms. The van der Waals surface area contributed by atoms with E-state index in [1.54, 1.807) is 10.6 Å². The second kappa shape index (κ2) is 6.34. The number of aryl methyl sites for hydroxylation is 1. The molecule has 0 spiro atoms. The lowest BCUT2D eigenvalue weighted by Crippen LogP contribution is -2.22. The number of carbonyl (C=O) groups excluding carboxylic acids is 1. The summed E-state index contributed by atoms with van der Waals surface area (Å²) in [7, 11) is 0. The van der Waals surface area contributed by atoms with E-state index in [9.17, 15) is 9.90 Å². The summed E-state index contributed by atoms with van der Waals surface area (Å²) in [5.74, 6) is 0.248. The van der Waals surface area contributed by atoms with Gasteiger partial charge in [-0.1, -0.05) is 35.6 Å². The summed E-state index contributed by atoms with van der Waals surface area (Å²) in [4.78, 5) is 26.5. The molecule has 26 heavy (non-hydrogen) atoms. The van der Waals surface area contributed by atoms with Gasteiger partial charge in [0.1, 0.15) is 4.88 Å². The van der Waals surface area contributed by atoms with E-state index in [2.05, 4.69) is 15.0 Å². The molecule has 6 nitrogen and oxygen atoms in total. The number of aromatic hydroxyl groups is 1. The van der Waals surface area contributed by atoms with E-state index < -0.39 is 0 Å². The van der Waals surface area contributed by atoms with Crippen LogP contribution in [0.2, 0.25) is 0 Å². The Morgan fingerprint density at radius 2 is 2.00 bits per heavy atom. The average Bonchev–Trinajstić information content (AvgIpc) is 3.10. The van der Waals surface area contributed by atoms with Gasteiger partial charge in [0.25, 0.3) is 5.91 Å². The van der Waals surface area contributed by atoms with Crippen molar-refractivity contribution in [3.8, 4) is 5.88 Å². The Kier molecular flexibility index (Phi) is 4.00. The van der Waals surface area contributed by atoms with E-state index >= 15 is 0 Å². The molecule has 1 aliphatic rings. The highest BCUT2D eigenvalue weighted by Gasteiger charge is 2.25. The number of hydrogen-bond donors (Lipinski definition) is 1. The molecule has 0 bridgehead atoms. The van der Waals surface area contributed by atoms with Gasteiger partial charge in [-0.05, 0) is 32.0 Å². The second-order valence-electron chi connectivity index (χ2n) is 5.84. The van der Waals surface area contributed by atoms with Crippen molar-refractivity contribution in [1.82, 2.24) is 9.55 Å². The molecule has 1 aromatic carbocycles. The fourth-order valence-electron chi connectivity index (χ4n) is 2.91. The number of thiazole rings is 1. The summed E-state index contributed by atoms with van der Waals surface area (Å²) < 4.78 is 1.67. The summed E-state index contributed by atoms with van der Waals surface area (Å²) in [6.45, 7) is 4.33.